The molecule has 0 saturated heterocycles. The zero-order chi connectivity index (χ0) is 21.0. The van der Waals surface area contributed by atoms with E-state index in [9.17, 15) is 14.0 Å². The van der Waals surface area contributed by atoms with Crippen LogP contribution in [0.4, 0.5) is 10.1 Å². The Morgan fingerprint density at radius 1 is 1.07 bits per heavy atom. The fourth-order valence-corrected chi connectivity index (χ4v) is 2.82. The first kappa shape index (κ1) is 20.1. The highest BCUT2D eigenvalue weighted by atomic mass is 19.1. The highest BCUT2D eigenvalue weighted by Crippen LogP contribution is 2.26. The Kier molecular flexibility index (Phi) is 5.92. The lowest BCUT2D eigenvalue weighted by molar-refractivity contribution is -0.116. The van der Waals surface area contributed by atoms with E-state index in [4.69, 9.17) is 9.47 Å². The van der Waals surface area contributed by atoms with Crippen LogP contribution in [0.1, 0.15) is 5.69 Å². The molecule has 0 spiro atoms. The molecule has 0 atom stereocenters. The molecule has 1 aromatic heterocycles. The lowest BCUT2D eigenvalue weighted by Crippen LogP contribution is -2.29. The summed E-state index contributed by atoms with van der Waals surface area (Å²) in [4.78, 5) is 29.5. The minimum absolute atomic E-state index is 0.266. The minimum Gasteiger partial charge on any atom is -0.497 e. The maximum Gasteiger partial charge on any atom is 0.254 e. The van der Waals surface area contributed by atoms with Crippen molar-refractivity contribution in [2.75, 3.05) is 19.5 Å². The summed E-state index contributed by atoms with van der Waals surface area (Å²) >= 11 is 0. The van der Waals surface area contributed by atoms with E-state index < -0.39 is 11.7 Å². The molecule has 1 heterocycles. The normalized spacial score (nSPS) is 10.5. The lowest BCUT2D eigenvalue weighted by Gasteiger charge is -2.14. The number of methoxy groups -OCH3 is 2. The molecule has 8 heteroatoms. The van der Waals surface area contributed by atoms with Gasteiger partial charge in [-0.15, -0.1) is 0 Å². The topological polar surface area (TPSA) is 82.5 Å². The summed E-state index contributed by atoms with van der Waals surface area (Å²) < 4.78 is 24.9. The summed E-state index contributed by atoms with van der Waals surface area (Å²) in [6.45, 7) is 1.42. The Balaban J connectivity index is 1.91. The number of carbonyl (C=O) groups excluding carboxylic acids is 1. The zero-order valence-electron chi connectivity index (χ0n) is 16.2. The molecule has 1 amide bonds. The third kappa shape index (κ3) is 4.78. The molecule has 0 radical (unpaired) electrons. The quantitative estimate of drug-likeness (QED) is 0.691. The third-order valence-electron chi connectivity index (χ3n) is 4.18. The number of amides is 1. The number of ether oxygens (including phenoxy) is 2. The molecule has 0 unspecified atom stereocenters. The average molecular weight is 397 g/mol. The Hall–Kier alpha value is -3.68. The van der Waals surface area contributed by atoms with Crippen molar-refractivity contribution in [3.63, 3.8) is 0 Å². The third-order valence-corrected chi connectivity index (χ3v) is 4.18. The fourth-order valence-electron chi connectivity index (χ4n) is 2.82. The maximum absolute atomic E-state index is 13.3. The molecule has 29 heavy (non-hydrogen) atoms. The van der Waals surface area contributed by atoms with Gasteiger partial charge in [0.2, 0.25) is 5.91 Å². The van der Waals surface area contributed by atoms with E-state index in [1.807, 2.05) is 0 Å². The summed E-state index contributed by atoms with van der Waals surface area (Å²) in [6.07, 6.45) is 0. The smallest absolute Gasteiger partial charge is 0.254 e. The van der Waals surface area contributed by atoms with E-state index in [1.165, 1.54) is 49.1 Å². The first-order valence-electron chi connectivity index (χ1n) is 8.77. The number of rotatable bonds is 6. The fraction of sp³-hybridized carbons (Fsp3) is 0.190. The Bertz CT molecular complexity index is 1070. The molecule has 0 bridgehead atoms. The van der Waals surface area contributed by atoms with Crippen molar-refractivity contribution in [1.82, 2.24) is 9.55 Å². The van der Waals surface area contributed by atoms with Crippen molar-refractivity contribution < 1.29 is 18.7 Å². The molecular weight excluding hydrogens is 377 g/mol. The number of nitrogens with one attached hydrogen (secondary N) is 1. The highest BCUT2D eigenvalue weighted by molar-refractivity contribution is 5.91. The number of nitrogens with zero attached hydrogens (tertiary/aromatic N) is 2. The Labute approximate surface area is 166 Å². The minimum atomic E-state index is -0.434. The zero-order valence-corrected chi connectivity index (χ0v) is 16.2. The van der Waals surface area contributed by atoms with Crippen LogP contribution in [-0.2, 0) is 11.3 Å². The van der Waals surface area contributed by atoms with Crippen molar-refractivity contribution in [2.45, 2.75) is 13.5 Å². The molecule has 7 nitrogen and oxygen atoms in total. The molecule has 1 N–H and O–H groups in total. The van der Waals surface area contributed by atoms with Crippen LogP contribution in [0, 0.1) is 12.7 Å². The summed E-state index contributed by atoms with van der Waals surface area (Å²) in [6, 6.07) is 11.9. The summed E-state index contributed by atoms with van der Waals surface area (Å²) in [5.74, 6) is 0.478. The highest BCUT2D eigenvalue weighted by Gasteiger charge is 2.14. The predicted molar refractivity (Wildman–Crippen MR) is 107 cm³/mol. The molecule has 150 valence electrons. The van der Waals surface area contributed by atoms with E-state index in [0.29, 0.717) is 28.4 Å². The van der Waals surface area contributed by atoms with Crippen molar-refractivity contribution in [1.29, 1.82) is 0 Å². The van der Waals surface area contributed by atoms with Gasteiger partial charge in [0.15, 0.2) is 0 Å². The largest absolute Gasteiger partial charge is 0.497 e. The van der Waals surface area contributed by atoms with Crippen LogP contribution in [0.3, 0.4) is 0 Å². The van der Waals surface area contributed by atoms with Crippen LogP contribution in [0.5, 0.6) is 11.5 Å². The van der Waals surface area contributed by atoms with E-state index in [-0.39, 0.29) is 17.9 Å². The van der Waals surface area contributed by atoms with Gasteiger partial charge < -0.3 is 14.8 Å². The van der Waals surface area contributed by atoms with E-state index >= 15 is 0 Å². The molecule has 3 rings (SSSR count). The van der Waals surface area contributed by atoms with E-state index in [0.717, 1.165) is 0 Å². The van der Waals surface area contributed by atoms with Crippen molar-refractivity contribution >= 4 is 11.6 Å². The Morgan fingerprint density at radius 2 is 1.69 bits per heavy atom. The second-order valence-electron chi connectivity index (χ2n) is 6.30. The van der Waals surface area contributed by atoms with Gasteiger partial charge in [-0.25, -0.2) is 9.37 Å². The number of aryl methyl sites for hydroxylation is 1. The van der Waals surface area contributed by atoms with Gasteiger partial charge in [-0.2, -0.15) is 0 Å². The van der Waals surface area contributed by atoms with Crippen LogP contribution in [0.15, 0.2) is 53.3 Å². The first-order valence-corrected chi connectivity index (χ1v) is 8.77. The number of benzene rings is 2. The summed E-state index contributed by atoms with van der Waals surface area (Å²) in [5, 5.41) is 2.72. The van der Waals surface area contributed by atoms with Gasteiger partial charge in [0, 0.05) is 41.2 Å². The molecule has 0 aliphatic rings. The van der Waals surface area contributed by atoms with Crippen molar-refractivity contribution in [3.05, 3.63) is 70.4 Å². The standard InChI is InChI=1S/C21H20FN3O4/c1-13-8-20(27)25(21(23-13)14-4-6-15(22)7-5-14)12-19(26)24-16-9-17(28-2)11-18(10-16)29-3/h4-11H,12H2,1-3H3,(H,24,26). The van der Waals surface area contributed by atoms with Crippen molar-refractivity contribution in [3.8, 4) is 22.9 Å². The molecular formula is C21H20FN3O4. The van der Waals surface area contributed by atoms with Gasteiger partial charge >= 0.3 is 0 Å². The first-order chi connectivity index (χ1) is 13.9. The van der Waals surface area contributed by atoms with Gasteiger partial charge in [-0.1, -0.05) is 0 Å². The van der Waals surface area contributed by atoms with Gasteiger partial charge in [0.1, 0.15) is 29.7 Å². The van der Waals surface area contributed by atoms with Crippen LogP contribution in [0.25, 0.3) is 11.4 Å². The number of hydrogen-bond acceptors (Lipinski definition) is 5. The number of halogens is 1. The second-order valence-corrected chi connectivity index (χ2v) is 6.30. The van der Waals surface area contributed by atoms with Gasteiger partial charge in [0.05, 0.1) is 14.2 Å². The molecule has 0 saturated carbocycles. The molecule has 0 fully saturated rings. The Morgan fingerprint density at radius 3 is 2.28 bits per heavy atom. The van der Waals surface area contributed by atoms with E-state index in [2.05, 4.69) is 10.3 Å². The molecule has 0 aliphatic carbocycles. The van der Waals surface area contributed by atoms with Gasteiger partial charge in [-0.05, 0) is 31.2 Å². The van der Waals surface area contributed by atoms with Crippen molar-refractivity contribution in [2.24, 2.45) is 0 Å². The number of anilines is 1. The van der Waals surface area contributed by atoms with Gasteiger partial charge in [-0.3, -0.25) is 14.2 Å². The molecule has 0 aliphatic heterocycles. The maximum atomic E-state index is 13.3. The predicted octanol–water partition coefficient (Wildman–Crippen LogP) is 3.01. The van der Waals surface area contributed by atoms with Crippen LogP contribution in [-0.4, -0.2) is 29.7 Å². The average Bonchev–Trinajstić information content (AvgIpc) is 2.70. The lowest BCUT2D eigenvalue weighted by atomic mass is 10.2. The number of hydrogen-bond donors (Lipinski definition) is 1. The van der Waals surface area contributed by atoms with Crippen LogP contribution >= 0.6 is 0 Å². The van der Waals surface area contributed by atoms with Crippen LogP contribution in [0.2, 0.25) is 0 Å². The monoisotopic (exact) mass is 397 g/mol. The molecule has 3 aromatic rings. The van der Waals surface area contributed by atoms with E-state index in [1.54, 1.807) is 25.1 Å². The number of carbonyl (C=O) groups is 1. The van der Waals surface area contributed by atoms with Gasteiger partial charge in [0.25, 0.3) is 5.56 Å². The number of aromatic nitrogens is 2. The summed E-state index contributed by atoms with van der Waals surface area (Å²) in [5.41, 5.74) is 1.12. The van der Waals surface area contributed by atoms with Crippen LogP contribution < -0.4 is 20.3 Å². The second kappa shape index (κ2) is 8.55. The SMILES string of the molecule is COc1cc(NC(=O)Cn2c(-c3ccc(F)cc3)nc(C)cc2=O)cc(OC)c1. The summed E-state index contributed by atoms with van der Waals surface area (Å²) in [7, 11) is 3.01. The molecule has 2 aromatic carbocycles.